The maximum atomic E-state index is 5.92. The van der Waals surface area contributed by atoms with Crippen LogP contribution in [-0.2, 0) is 0 Å². The first-order valence-electron chi connectivity index (χ1n) is 6.09. The molecule has 0 aliphatic carbocycles. The van der Waals surface area contributed by atoms with Gasteiger partial charge in [0.15, 0.2) is 0 Å². The van der Waals surface area contributed by atoms with Crippen LogP contribution in [0.1, 0.15) is 0 Å². The predicted molar refractivity (Wildman–Crippen MR) is 83.2 cm³/mol. The first-order valence-corrected chi connectivity index (χ1v) is 6.47. The molecule has 2 rings (SSSR count). The largest absolute Gasteiger partial charge is 0.376 e. The predicted octanol–water partition coefficient (Wildman–Crippen LogP) is 2.40. The van der Waals surface area contributed by atoms with Crippen LogP contribution in [-0.4, -0.2) is 43.1 Å². The molecule has 2 aromatic rings. The van der Waals surface area contributed by atoms with Gasteiger partial charge < -0.3 is 15.1 Å². The van der Waals surface area contributed by atoms with E-state index in [1.807, 2.05) is 57.4 Å². The summed E-state index contributed by atoms with van der Waals surface area (Å²) >= 11 is 5.92. The molecule has 0 spiro atoms. The smallest absolute Gasteiger partial charge is 0.233 e. The SMILES string of the molecule is CN(C)c1nc(Cl)nc(Nc2ccccc2N(C)C)n1. The van der Waals surface area contributed by atoms with Crippen molar-refractivity contribution < 1.29 is 0 Å². The Labute approximate surface area is 123 Å². The summed E-state index contributed by atoms with van der Waals surface area (Å²) in [5.41, 5.74) is 1.94. The van der Waals surface area contributed by atoms with E-state index in [1.165, 1.54) is 0 Å². The second kappa shape index (κ2) is 5.92. The van der Waals surface area contributed by atoms with Crippen molar-refractivity contribution in [3.05, 3.63) is 29.5 Å². The molecule has 1 aromatic carbocycles. The Morgan fingerprint density at radius 1 is 0.950 bits per heavy atom. The van der Waals surface area contributed by atoms with Crippen molar-refractivity contribution in [2.24, 2.45) is 0 Å². The lowest BCUT2D eigenvalue weighted by molar-refractivity contribution is 0.961. The first kappa shape index (κ1) is 14.3. The average molecular weight is 293 g/mol. The van der Waals surface area contributed by atoms with Gasteiger partial charge in [0.25, 0.3) is 0 Å². The number of aromatic nitrogens is 3. The second-order valence-electron chi connectivity index (χ2n) is 4.66. The molecule has 0 aliphatic heterocycles. The molecule has 20 heavy (non-hydrogen) atoms. The van der Waals surface area contributed by atoms with E-state index in [-0.39, 0.29) is 5.28 Å². The Morgan fingerprint density at radius 3 is 2.30 bits per heavy atom. The summed E-state index contributed by atoms with van der Waals surface area (Å²) < 4.78 is 0. The summed E-state index contributed by atoms with van der Waals surface area (Å²) in [4.78, 5) is 16.3. The van der Waals surface area contributed by atoms with E-state index < -0.39 is 0 Å². The second-order valence-corrected chi connectivity index (χ2v) is 5.00. The molecular formula is C13H17ClN6. The Balaban J connectivity index is 2.35. The van der Waals surface area contributed by atoms with Crippen molar-refractivity contribution in [2.75, 3.05) is 43.3 Å². The minimum Gasteiger partial charge on any atom is -0.376 e. The number of benzene rings is 1. The Hall–Kier alpha value is -2.08. The molecule has 0 radical (unpaired) electrons. The van der Waals surface area contributed by atoms with Crippen molar-refractivity contribution >= 4 is 34.9 Å². The van der Waals surface area contributed by atoms with E-state index in [1.54, 1.807) is 4.90 Å². The number of rotatable bonds is 4. The van der Waals surface area contributed by atoms with Crippen LogP contribution in [0.5, 0.6) is 0 Å². The molecule has 1 N–H and O–H groups in total. The molecule has 0 saturated heterocycles. The highest BCUT2D eigenvalue weighted by Gasteiger charge is 2.09. The van der Waals surface area contributed by atoms with Crippen LogP contribution in [0.4, 0.5) is 23.3 Å². The Bertz CT molecular complexity index is 599. The number of hydrogen-bond donors (Lipinski definition) is 1. The van der Waals surface area contributed by atoms with Gasteiger partial charge in [0.2, 0.25) is 17.2 Å². The summed E-state index contributed by atoms with van der Waals surface area (Å²) in [5.74, 6) is 0.929. The van der Waals surface area contributed by atoms with Gasteiger partial charge in [0, 0.05) is 28.2 Å². The number of anilines is 4. The van der Waals surface area contributed by atoms with E-state index in [2.05, 4.69) is 20.3 Å². The van der Waals surface area contributed by atoms with Crippen molar-refractivity contribution in [3.63, 3.8) is 0 Å². The normalized spacial score (nSPS) is 10.2. The number of halogens is 1. The summed E-state index contributed by atoms with van der Waals surface area (Å²) in [6.07, 6.45) is 0. The first-order chi connectivity index (χ1) is 9.47. The number of nitrogens with one attached hydrogen (secondary N) is 1. The lowest BCUT2D eigenvalue weighted by atomic mass is 10.2. The van der Waals surface area contributed by atoms with E-state index in [9.17, 15) is 0 Å². The third kappa shape index (κ3) is 3.27. The van der Waals surface area contributed by atoms with Gasteiger partial charge in [-0.05, 0) is 23.7 Å². The van der Waals surface area contributed by atoms with Gasteiger partial charge in [-0.3, -0.25) is 0 Å². The quantitative estimate of drug-likeness (QED) is 0.934. The Morgan fingerprint density at radius 2 is 1.65 bits per heavy atom. The third-order valence-electron chi connectivity index (χ3n) is 2.63. The fourth-order valence-electron chi connectivity index (χ4n) is 1.69. The monoisotopic (exact) mass is 292 g/mol. The number of nitrogens with zero attached hydrogens (tertiary/aromatic N) is 5. The molecule has 1 heterocycles. The van der Waals surface area contributed by atoms with Gasteiger partial charge in [-0.2, -0.15) is 15.0 Å². The number of hydrogen-bond acceptors (Lipinski definition) is 6. The molecule has 6 nitrogen and oxygen atoms in total. The van der Waals surface area contributed by atoms with Crippen LogP contribution >= 0.6 is 11.6 Å². The number of para-hydroxylation sites is 2. The van der Waals surface area contributed by atoms with Crippen molar-refractivity contribution in [2.45, 2.75) is 0 Å². The average Bonchev–Trinajstić information content (AvgIpc) is 2.38. The van der Waals surface area contributed by atoms with Crippen molar-refractivity contribution in [1.82, 2.24) is 15.0 Å². The molecule has 0 amide bonds. The lowest BCUT2D eigenvalue weighted by Crippen LogP contribution is -2.15. The van der Waals surface area contributed by atoms with E-state index in [4.69, 9.17) is 11.6 Å². The topological polar surface area (TPSA) is 57.2 Å². The zero-order chi connectivity index (χ0) is 14.7. The minimum absolute atomic E-state index is 0.161. The van der Waals surface area contributed by atoms with Crippen LogP contribution in [0.25, 0.3) is 0 Å². The molecule has 106 valence electrons. The zero-order valence-electron chi connectivity index (χ0n) is 11.9. The fraction of sp³-hybridized carbons (Fsp3) is 0.308. The summed E-state index contributed by atoms with van der Waals surface area (Å²) in [6.45, 7) is 0. The highest BCUT2D eigenvalue weighted by Crippen LogP contribution is 2.26. The highest BCUT2D eigenvalue weighted by atomic mass is 35.5. The lowest BCUT2D eigenvalue weighted by Gasteiger charge is -2.18. The molecule has 0 unspecified atom stereocenters. The van der Waals surface area contributed by atoms with Gasteiger partial charge in [0.1, 0.15) is 0 Å². The van der Waals surface area contributed by atoms with Crippen LogP contribution in [0, 0.1) is 0 Å². The molecule has 1 aromatic heterocycles. The highest BCUT2D eigenvalue weighted by molar-refractivity contribution is 6.28. The Kier molecular flexibility index (Phi) is 4.24. The summed E-state index contributed by atoms with van der Waals surface area (Å²) in [5, 5.41) is 3.34. The van der Waals surface area contributed by atoms with Gasteiger partial charge in [-0.15, -0.1) is 0 Å². The van der Waals surface area contributed by atoms with Crippen LogP contribution < -0.4 is 15.1 Å². The van der Waals surface area contributed by atoms with E-state index in [0.29, 0.717) is 11.9 Å². The summed E-state index contributed by atoms with van der Waals surface area (Å²) in [7, 11) is 7.66. The molecule has 7 heteroatoms. The van der Waals surface area contributed by atoms with E-state index in [0.717, 1.165) is 11.4 Å². The van der Waals surface area contributed by atoms with Crippen LogP contribution in [0.3, 0.4) is 0 Å². The van der Waals surface area contributed by atoms with Gasteiger partial charge in [0.05, 0.1) is 11.4 Å². The summed E-state index contributed by atoms with van der Waals surface area (Å²) in [6, 6.07) is 7.90. The molecule has 0 bridgehead atoms. The van der Waals surface area contributed by atoms with Crippen molar-refractivity contribution in [3.8, 4) is 0 Å². The van der Waals surface area contributed by atoms with Gasteiger partial charge in [-0.25, -0.2) is 0 Å². The fourth-order valence-corrected chi connectivity index (χ4v) is 1.84. The standard InChI is InChI=1S/C13H17ClN6/c1-19(2)10-8-6-5-7-9(10)15-12-16-11(14)17-13(18-12)20(3)4/h5-8H,1-4H3,(H,15,16,17,18). The molecule has 0 fully saturated rings. The van der Waals surface area contributed by atoms with Gasteiger partial charge >= 0.3 is 0 Å². The maximum Gasteiger partial charge on any atom is 0.233 e. The van der Waals surface area contributed by atoms with Crippen LogP contribution in [0.15, 0.2) is 24.3 Å². The van der Waals surface area contributed by atoms with E-state index >= 15 is 0 Å². The molecule has 0 atom stereocenters. The minimum atomic E-state index is 0.161. The molecular weight excluding hydrogens is 276 g/mol. The maximum absolute atomic E-state index is 5.92. The van der Waals surface area contributed by atoms with Crippen LogP contribution in [0.2, 0.25) is 5.28 Å². The third-order valence-corrected chi connectivity index (χ3v) is 2.80. The molecule has 0 saturated carbocycles. The molecule has 0 aliphatic rings. The van der Waals surface area contributed by atoms with Gasteiger partial charge in [-0.1, -0.05) is 12.1 Å². The van der Waals surface area contributed by atoms with Crippen molar-refractivity contribution in [1.29, 1.82) is 0 Å². The zero-order valence-corrected chi connectivity index (χ0v) is 12.7.